The monoisotopic (exact) mass is 424 g/mol. The first-order valence-corrected chi connectivity index (χ1v) is 11.2. The number of nitrogens with one attached hydrogen (secondary N) is 1. The summed E-state index contributed by atoms with van der Waals surface area (Å²) in [6, 6.07) is 13.1. The van der Waals surface area contributed by atoms with Crippen molar-refractivity contribution in [3.63, 3.8) is 0 Å². The Hall–Kier alpha value is -3.39. The molecular weight excluding hydrogens is 404 g/mol. The number of nitrogens with zero attached hydrogens (tertiary/aromatic N) is 1. The van der Waals surface area contributed by atoms with Crippen molar-refractivity contribution in [3.05, 3.63) is 71.4 Å². The molecule has 0 saturated carbocycles. The highest BCUT2D eigenvalue weighted by Crippen LogP contribution is 2.35. The molecule has 1 aliphatic rings. The lowest BCUT2D eigenvalue weighted by atomic mass is 10.0. The molecule has 0 atom stereocenters. The molecule has 7 nitrogen and oxygen atoms in total. The van der Waals surface area contributed by atoms with Crippen LogP contribution in [0.1, 0.15) is 21.5 Å². The zero-order chi connectivity index (χ0) is 21.3. The minimum Gasteiger partial charge on any atom is -0.493 e. The highest BCUT2D eigenvalue weighted by molar-refractivity contribution is 7.90. The molecule has 1 N–H and O–H groups in total. The Morgan fingerprint density at radius 3 is 2.53 bits per heavy atom. The molecule has 0 radical (unpaired) electrons. The first kappa shape index (κ1) is 19.9. The van der Waals surface area contributed by atoms with Crippen molar-refractivity contribution in [2.75, 3.05) is 18.2 Å². The van der Waals surface area contributed by atoms with E-state index in [-0.39, 0.29) is 10.8 Å². The van der Waals surface area contributed by atoms with Gasteiger partial charge in [0.15, 0.2) is 9.84 Å². The molecule has 0 saturated heterocycles. The lowest BCUT2D eigenvalue weighted by Gasteiger charge is -2.12. The highest BCUT2D eigenvalue weighted by atomic mass is 32.2. The number of sulfone groups is 1. The zero-order valence-electron chi connectivity index (χ0n) is 16.5. The lowest BCUT2D eigenvalue weighted by Crippen LogP contribution is -2.15. The average molecular weight is 424 g/mol. The minimum atomic E-state index is -3.29. The van der Waals surface area contributed by atoms with Crippen LogP contribution in [0.4, 0.5) is 5.82 Å². The predicted molar refractivity (Wildman–Crippen MR) is 112 cm³/mol. The molecule has 0 unspecified atom stereocenters. The van der Waals surface area contributed by atoms with Crippen LogP contribution >= 0.6 is 0 Å². The molecule has 0 bridgehead atoms. The number of aromatic nitrogens is 1. The van der Waals surface area contributed by atoms with Gasteiger partial charge in [0.05, 0.1) is 17.1 Å². The van der Waals surface area contributed by atoms with Gasteiger partial charge in [-0.05, 0) is 48.9 Å². The Balaban J connectivity index is 1.61. The van der Waals surface area contributed by atoms with E-state index in [1.165, 1.54) is 12.1 Å². The SMILES string of the molecule is Cc1ccc(NC(=O)c2cc(Oc3ccc(S(C)(=O)=O)cc3)cc3c2CCO3)nc1. The summed E-state index contributed by atoms with van der Waals surface area (Å²) in [5, 5.41) is 2.80. The van der Waals surface area contributed by atoms with Crippen molar-refractivity contribution in [2.24, 2.45) is 0 Å². The third-order valence-electron chi connectivity index (χ3n) is 4.68. The van der Waals surface area contributed by atoms with Gasteiger partial charge in [0, 0.05) is 30.5 Å². The van der Waals surface area contributed by atoms with E-state index in [4.69, 9.17) is 9.47 Å². The molecule has 30 heavy (non-hydrogen) atoms. The van der Waals surface area contributed by atoms with Crippen molar-refractivity contribution >= 4 is 21.6 Å². The molecular formula is C22H20N2O5S. The summed E-state index contributed by atoms with van der Waals surface area (Å²) < 4.78 is 34.7. The molecule has 2 heterocycles. The van der Waals surface area contributed by atoms with Crippen molar-refractivity contribution in [1.82, 2.24) is 4.98 Å². The summed E-state index contributed by atoms with van der Waals surface area (Å²) in [5.41, 5.74) is 2.27. The Labute approximate surface area is 174 Å². The number of carbonyl (C=O) groups excluding carboxylic acids is 1. The maximum Gasteiger partial charge on any atom is 0.257 e. The van der Waals surface area contributed by atoms with E-state index in [0.29, 0.717) is 41.7 Å². The second-order valence-electron chi connectivity index (χ2n) is 7.07. The number of fused-ring (bicyclic) bond motifs is 1. The van der Waals surface area contributed by atoms with Crippen molar-refractivity contribution < 1.29 is 22.7 Å². The Kier molecular flexibility index (Phi) is 5.17. The molecule has 1 aliphatic heterocycles. The topological polar surface area (TPSA) is 94.6 Å². The second-order valence-corrected chi connectivity index (χ2v) is 9.08. The molecule has 3 aromatic rings. The van der Waals surface area contributed by atoms with Gasteiger partial charge in [-0.1, -0.05) is 6.07 Å². The fourth-order valence-corrected chi connectivity index (χ4v) is 3.78. The van der Waals surface area contributed by atoms with Gasteiger partial charge in [-0.25, -0.2) is 13.4 Å². The summed E-state index contributed by atoms with van der Waals surface area (Å²) in [5.74, 6) is 1.63. The third kappa shape index (κ3) is 4.28. The van der Waals surface area contributed by atoms with Crippen LogP contribution in [0.15, 0.2) is 59.6 Å². The van der Waals surface area contributed by atoms with Gasteiger partial charge in [0.25, 0.3) is 5.91 Å². The summed E-state index contributed by atoms with van der Waals surface area (Å²) in [4.78, 5) is 17.3. The van der Waals surface area contributed by atoms with Crippen molar-refractivity contribution in [3.8, 4) is 17.2 Å². The van der Waals surface area contributed by atoms with Gasteiger partial charge in [-0.2, -0.15) is 0 Å². The van der Waals surface area contributed by atoms with E-state index in [9.17, 15) is 13.2 Å². The van der Waals surface area contributed by atoms with Crippen molar-refractivity contribution in [2.45, 2.75) is 18.2 Å². The fraction of sp³-hybridized carbons (Fsp3) is 0.182. The van der Waals surface area contributed by atoms with Crippen LogP contribution in [0.25, 0.3) is 0 Å². The van der Waals surface area contributed by atoms with Crippen LogP contribution in [0.2, 0.25) is 0 Å². The summed E-state index contributed by atoms with van der Waals surface area (Å²) in [6.07, 6.45) is 3.46. The van der Waals surface area contributed by atoms with E-state index in [0.717, 1.165) is 17.4 Å². The second kappa shape index (κ2) is 7.79. The number of anilines is 1. The Morgan fingerprint density at radius 2 is 1.87 bits per heavy atom. The van der Waals surface area contributed by atoms with Gasteiger partial charge >= 0.3 is 0 Å². The lowest BCUT2D eigenvalue weighted by molar-refractivity contribution is 0.102. The zero-order valence-corrected chi connectivity index (χ0v) is 17.3. The Morgan fingerprint density at radius 1 is 1.10 bits per heavy atom. The number of amides is 1. The molecule has 1 amide bonds. The maximum atomic E-state index is 12.9. The molecule has 0 spiro atoms. The first-order valence-electron chi connectivity index (χ1n) is 9.31. The minimum absolute atomic E-state index is 0.206. The van der Waals surface area contributed by atoms with Crippen LogP contribution < -0.4 is 14.8 Å². The molecule has 4 rings (SSSR count). The van der Waals surface area contributed by atoms with Gasteiger partial charge < -0.3 is 14.8 Å². The molecule has 0 aliphatic carbocycles. The average Bonchev–Trinajstić information content (AvgIpc) is 3.17. The van der Waals surface area contributed by atoms with Crippen LogP contribution in [0.5, 0.6) is 17.2 Å². The van der Waals surface area contributed by atoms with E-state index >= 15 is 0 Å². The number of carbonyl (C=O) groups is 1. The molecule has 8 heteroatoms. The van der Waals surface area contributed by atoms with E-state index in [1.54, 1.807) is 36.5 Å². The quantitative estimate of drug-likeness (QED) is 0.670. The third-order valence-corrected chi connectivity index (χ3v) is 5.81. The highest BCUT2D eigenvalue weighted by Gasteiger charge is 2.23. The molecule has 1 aromatic heterocycles. The molecule has 154 valence electrons. The van der Waals surface area contributed by atoms with Crippen molar-refractivity contribution in [1.29, 1.82) is 0 Å². The normalized spacial score (nSPS) is 12.7. The number of ether oxygens (including phenoxy) is 2. The van der Waals surface area contributed by atoms with Gasteiger partial charge in [-0.3, -0.25) is 4.79 Å². The largest absolute Gasteiger partial charge is 0.493 e. The number of benzene rings is 2. The van der Waals surface area contributed by atoms with Gasteiger partial charge in [-0.15, -0.1) is 0 Å². The smallest absolute Gasteiger partial charge is 0.257 e. The van der Waals surface area contributed by atoms with Crippen LogP contribution in [0, 0.1) is 6.92 Å². The van der Waals surface area contributed by atoms with Gasteiger partial charge in [0.1, 0.15) is 23.1 Å². The summed E-state index contributed by atoms with van der Waals surface area (Å²) in [6.45, 7) is 2.41. The van der Waals surface area contributed by atoms with E-state index in [1.807, 2.05) is 13.0 Å². The van der Waals surface area contributed by atoms with Crippen LogP contribution in [-0.4, -0.2) is 32.2 Å². The van der Waals surface area contributed by atoms with Gasteiger partial charge in [0.2, 0.25) is 0 Å². The molecule has 2 aromatic carbocycles. The van der Waals surface area contributed by atoms with E-state index in [2.05, 4.69) is 10.3 Å². The first-order chi connectivity index (χ1) is 14.3. The standard InChI is InChI=1S/C22H20N2O5S/c1-14-3-8-21(23-13-14)24-22(25)19-11-16(12-20-18(19)9-10-28-20)29-15-4-6-17(7-5-15)30(2,26)27/h3-8,11-13H,9-10H2,1-2H3,(H,23,24,25). The maximum absolute atomic E-state index is 12.9. The Bertz CT molecular complexity index is 1200. The predicted octanol–water partition coefficient (Wildman–Crippen LogP) is 3.77. The summed E-state index contributed by atoms with van der Waals surface area (Å²) in [7, 11) is -3.29. The van der Waals surface area contributed by atoms with E-state index < -0.39 is 9.84 Å². The summed E-state index contributed by atoms with van der Waals surface area (Å²) >= 11 is 0. The van der Waals surface area contributed by atoms with Crippen LogP contribution in [0.3, 0.4) is 0 Å². The number of hydrogen-bond donors (Lipinski definition) is 1. The number of aryl methyl sites for hydroxylation is 1. The fourth-order valence-electron chi connectivity index (χ4n) is 3.15. The number of hydrogen-bond acceptors (Lipinski definition) is 6. The molecule has 0 fully saturated rings. The van der Waals surface area contributed by atoms with Crippen LogP contribution in [-0.2, 0) is 16.3 Å². The number of pyridine rings is 1. The number of rotatable bonds is 5.